The number of esters is 1. The number of rotatable bonds is 51. The number of carbonyl (C=O) groups is 3. The van der Waals surface area contributed by atoms with Gasteiger partial charge in [0.05, 0.1) is 32.2 Å². The van der Waals surface area contributed by atoms with Crippen molar-refractivity contribution in [2.24, 2.45) is 11.8 Å². The lowest BCUT2D eigenvalue weighted by Crippen LogP contribution is -2.66. The van der Waals surface area contributed by atoms with E-state index in [0.717, 1.165) is 82.5 Å². The fraction of sp³-hybridized carbons (Fsp3) is 0.952. The number of amides is 2. The van der Waals surface area contributed by atoms with Crippen molar-refractivity contribution in [1.29, 1.82) is 0 Å². The zero-order chi connectivity index (χ0) is 60.5. The van der Waals surface area contributed by atoms with Crippen molar-refractivity contribution in [2.45, 2.75) is 352 Å². The normalized spacial score (nSPS) is 24.0. The minimum absolute atomic E-state index is 0.214. The molecule has 0 aromatic rings. The van der Waals surface area contributed by atoms with Gasteiger partial charge in [0.1, 0.15) is 54.8 Å². The Morgan fingerprint density at radius 2 is 0.878 bits per heavy atom. The topological polar surface area (TPSA) is 300 Å². The summed E-state index contributed by atoms with van der Waals surface area (Å²) in [6, 6.07) is -3.22. The van der Waals surface area contributed by atoms with E-state index in [-0.39, 0.29) is 12.8 Å². The molecule has 0 radical (unpaired) electrons. The predicted molar refractivity (Wildman–Crippen MR) is 318 cm³/mol. The van der Waals surface area contributed by atoms with Crippen LogP contribution in [-0.4, -0.2) is 145 Å². The largest absolute Gasteiger partial charge is 0.472 e. The number of ether oxygens (including phenoxy) is 4. The van der Waals surface area contributed by atoms with Crippen molar-refractivity contribution in [3.63, 3.8) is 0 Å². The second-order valence-electron chi connectivity index (χ2n) is 24.8. The first-order chi connectivity index (χ1) is 39.3. The summed E-state index contributed by atoms with van der Waals surface area (Å²) >= 11 is 0. The molecule has 0 saturated carbocycles. The lowest BCUT2D eigenvalue weighted by molar-refractivity contribution is -0.296. The number of carbonyl (C=O) groups excluding carboxylic acids is 3. The number of aliphatic hydroxyl groups excluding tert-OH is 6. The Morgan fingerprint density at radius 3 is 1.32 bits per heavy atom. The molecule has 2 aliphatic heterocycles. The maximum atomic E-state index is 13.9. The Morgan fingerprint density at radius 1 is 0.500 bits per heavy atom. The zero-order valence-corrected chi connectivity index (χ0v) is 52.5. The first-order valence-electron chi connectivity index (χ1n) is 32.7. The van der Waals surface area contributed by atoms with Gasteiger partial charge in [-0.05, 0) is 37.5 Å². The van der Waals surface area contributed by atoms with Crippen LogP contribution in [0.4, 0.5) is 0 Å². The molecule has 2 rings (SSSR count). The van der Waals surface area contributed by atoms with E-state index in [1.165, 1.54) is 122 Å². The van der Waals surface area contributed by atoms with Crippen LogP contribution in [0.2, 0.25) is 0 Å². The smallest absolute Gasteiger partial charge is 0.462 e. The molecule has 12 atom stereocenters. The quantitative estimate of drug-likeness (QED) is 0.0154. The molecule has 0 aliphatic carbocycles. The predicted octanol–water partition coefficient (Wildman–Crippen LogP) is 10.4. The van der Waals surface area contributed by atoms with E-state index in [9.17, 15) is 59.4 Å². The summed E-state index contributed by atoms with van der Waals surface area (Å²) < 4.78 is 40.3. The van der Waals surface area contributed by atoms with Crippen LogP contribution < -0.4 is 10.6 Å². The van der Waals surface area contributed by atoms with E-state index in [1.807, 2.05) is 0 Å². The Kier molecular flexibility index (Phi) is 43.1. The number of aliphatic hydroxyl groups is 6. The van der Waals surface area contributed by atoms with Crippen molar-refractivity contribution >= 4 is 25.6 Å². The number of phosphoric ester groups is 1. The summed E-state index contributed by atoms with van der Waals surface area (Å²) in [4.78, 5) is 59.8. The van der Waals surface area contributed by atoms with Crippen LogP contribution >= 0.6 is 7.82 Å². The molecule has 2 aliphatic rings. The van der Waals surface area contributed by atoms with E-state index in [1.54, 1.807) is 0 Å². The van der Waals surface area contributed by atoms with Crippen LogP contribution in [-0.2, 0) is 42.4 Å². The molecule has 484 valence electrons. The molecule has 2 saturated heterocycles. The highest BCUT2D eigenvalue weighted by Gasteiger charge is 2.50. The molecule has 82 heavy (non-hydrogen) atoms. The summed E-state index contributed by atoms with van der Waals surface area (Å²) in [5, 5.41) is 70.5. The monoisotopic (exact) mass is 1190 g/mol. The second-order valence-corrected chi connectivity index (χ2v) is 26.0. The van der Waals surface area contributed by atoms with Gasteiger partial charge in [-0.1, -0.05) is 234 Å². The molecule has 0 spiro atoms. The van der Waals surface area contributed by atoms with Gasteiger partial charge < -0.3 is 70.0 Å². The van der Waals surface area contributed by atoms with Crippen LogP contribution in [0.3, 0.4) is 0 Å². The molecule has 20 heteroatoms. The molecule has 2 heterocycles. The lowest BCUT2D eigenvalue weighted by Gasteiger charge is -2.45. The highest BCUT2D eigenvalue weighted by molar-refractivity contribution is 7.46. The maximum absolute atomic E-state index is 13.9. The van der Waals surface area contributed by atoms with Crippen molar-refractivity contribution in [1.82, 2.24) is 10.6 Å². The average Bonchev–Trinajstić information content (AvgIpc) is 3.47. The Balaban J connectivity index is 2.03. The third-order valence-electron chi connectivity index (χ3n) is 16.1. The van der Waals surface area contributed by atoms with Crippen LogP contribution in [0.5, 0.6) is 0 Å². The minimum atomic E-state index is -5.36. The van der Waals surface area contributed by atoms with Crippen molar-refractivity contribution in [3.05, 3.63) is 0 Å². The molecule has 0 unspecified atom stereocenters. The first-order valence-corrected chi connectivity index (χ1v) is 34.2. The van der Waals surface area contributed by atoms with E-state index in [2.05, 4.69) is 45.3 Å². The minimum Gasteiger partial charge on any atom is -0.462 e. The Labute approximate surface area is 494 Å². The van der Waals surface area contributed by atoms with Crippen molar-refractivity contribution in [3.8, 4) is 0 Å². The van der Waals surface area contributed by atoms with Crippen LogP contribution in [0.1, 0.15) is 279 Å². The third-order valence-corrected chi connectivity index (χ3v) is 16.6. The number of hydrogen-bond acceptors (Lipinski definition) is 15. The van der Waals surface area contributed by atoms with Gasteiger partial charge >= 0.3 is 13.8 Å². The molecule has 2 amide bonds. The number of hydrogen-bond donors (Lipinski definition) is 10. The number of phosphoric acid groups is 1. The third kappa shape index (κ3) is 36.3. The van der Waals surface area contributed by atoms with Gasteiger partial charge in [-0.2, -0.15) is 0 Å². The zero-order valence-electron chi connectivity index (χ0n) is 51.6. The number of nitrogens with one attached hydrogen (secondary N) is 2. The number of unbranched alkanes of at least 4 members (excludes halogenated alkanes) is 28. The molecule has 0 aromatic heterocycles. The maximum Gasteiger partial charge on any atom is 0.472 e. The summed E-state index contributed by atoms with van der Waals surface area (Å²) in [6.45, 7) is 9.70. The van der Waals surface area contributed by atoms with Gasteiger partial charge in [0.25, 0.3) is 0 Å². The molecule has 0 aromatic carbocycles. The van der Waals surface area contributed by atoms with Gasteiger partial charge in [-0.25, -0.2) is 4.57 Å². The van der Waals surface area contributed by atoms with Crippen molar-refractivity contribution < 1.29 is 82.8 Å². The van der Waals surface area contributed by atoms with E-state index in [0.29, 0.717) is 32.1 Å². The Bertz CT molecular complexity index is 1660. The summed E-state index contributed by atoms with van der Waals surface area (Å²) in [6.07, 6.45) is 21.7. The van der Waals surface area contributed by atoms with E-state index in [4.69, 9.17) is 23.5 Å². The molecule has 2 fully saturated rings. The fourth-order valence-electron chi connectivity index (χ4n) is 11.1. The van der Waals surface area contributed by atoms with Crippen LogP contribution in [0.25, 0.3) is 0 Å². The van der Waals surface area contributed by atoms with Gasteiger partial charge in [-0.3, -0.25) is 18.9 Å². The van der Waals surface area contributed by atoms with Gasteiger partial charge in [0.2, 0.25) is 11.8 Å². The lowest BCUT2D eigenvalue weighted by atomic mass is 9.95. The van der Waals surface area contributed by atoms with E-state index < -0.39 is 119 Å². The van der Waals surface area contributed by atoms with Gasteiger partial charge in [-0.15, -0.1) is 0 Å². The molecular weight excluding hydrogens is 1080 g/mol. The van der Waals surface area contributed by atoms with E-state index >= 15 is 0 Å². The summed E-state index contributed by atoms with van der Waals surface area (Å²) in [5.74, 6) is -0.405. The molecular formula is C62H119N2O17P. The Hall–Kier alpha value is -1.84. The highest BCUT2D eigenvalue weighted by atomic mass is 31.2. The van der Waals surface area contributed by atoms with Gasteiger partial charge in [0.15, 0.2) is 12.6 Å². The van der Waals surface area contributed by atoms with Crippen LogP contribution in [0.15, 0.2) is 0 Å². The average molecular weight is 1200 g/mol. The molecule has 0 bridgehead atoms. The van der Waals surface area contributed by atoms with Crippen LogP contribution in [0, 0.1) is 11.8 Å². The first kappa shape index (κ1) is 76.3. The summed E-state index contributed by atoms with van der Waals surface area (Å²) in [7, 11) is -5.36. The summed E-state index contributed by atoms with van der Waals surface area (Å²) in [5.41, 5.74) is 0. The molecule has 19 nitrogen and oxygen atoms in total. The van der Waals surface area contributed by atoms with Gasteiger partial charge in [0, 0.05) is 6.42 Å². The second kappa shape index (κ2) is 46.3. The standard InChI is InChI=1S/C62H119N2O17P/c1-6-7-8-9-10-11-12-13-14-21-26-31-36-41-54(69)78-49(40-35-30-25-20-16-18-23-28-33-38-47(4)5)43-53(68)64-55-59(72)57(70)50(44-65)79-61(55)77-45-51-58(71)60(73)56(62(80-51)81-82(74,75)76)63-52(67)42-48(66)39-34-29-24-19-15-17-22-27-32-37-46(2)3/h46-51,55-62,65-66,70-73H,6-45H2,1-5H3,(H,63,67)(H,64,68)(H2,74,75,76)/t48-,49-,50-,51-,55-,56-,57-,58-,59-,60-,61-,62-/m1/s1. The fourth-order valence-corrected chi connectivity index (χ4v) is 11.5. The highest BCUT2D eigenvalue weighted by Crippen LogP contribution is 2.41. The molecule has 10 N–H and O–H groups in total. The SMILES string of the molecule is CCCCCCCCCCCCCCCC(=O)O[C@H](CCCCCCCCCCCC(C)C)CC(=O)N[C@H]1[C@H](OC[C@H]2O[C@H](OP(=O)(O)O)[C@H](NC(=O)C[C@H](O)CCCCCCCCCCCC(C)C)[C@@H](O)[C@@H]2O)O[C@H](CO)[C@@H](O)[C@@H]1O. The van der Waals surface area contributed by atoms with Crippen molar-refractivity contribution in [2.75, 3.05) is 13.2 Å².